The van der Waals surface area contributed by atoms with E-state index in [2.05, 4.69) is 10.7 Å². The Morgan fingerprint density at radius 1 is 0.650 bits per heavy atom. The SMILES string of the molecule is O=S(=O)(Cl)S(=O)(=O)C(F)(F)C(F)(F)C(F)(F)C(F)(F)F. The summed E-state index contributed by atoms with van der Waals surface area (Å²) in [5.74, 6) is -15.2. The van der Waals surface area contributed by atoms with Crippen LogP contribution in [0.3, 0.4) is 0 Å². The zero-order valence-electron chi connectivity index (χ0n) is 8.23. The summed E-state index contributed by atoms with van der Waals surface area (Å²) in [5, 5.41) is -7.33. The average Bonchev–Trinajstić information content (AvgIpc) is 2.12. The van der Waals surface area contributed by atoms with Crippen LogP contribution >= 0.6 is 10.7 Å². The predicted octanol–water partition coefficient (Wildman–Crippen LogP) is 2.31. The molecule has 0 aliphatic heterocycles. The summed E-state index contributed by atoms with van der Waals surface area (Å²) in [5.41, 5.74) is 0. The first-order chi connectivity index (χ1) is 8.25. The first-order valence-corrected chi connectivity index (χ1v) is 7.95. The minimum Gasteiger partial charge on any atom is -0.205 e. The highest BCUT2D eigenvalue weighted by Gasteiger charge is 2.86. The highest BCUT2D eigenvalue weighted by molar-refractivity contribution is 8.76. The molecule has 4 nitrogen and oxygen atoms in total. The van der Waals surface area contributed by atoms with Crippen LogP contribution in [0.1, 0.15) is 0 Å². The van der Waals surface area contributed by atoms with Crippen molar-refractivity contribution in [1.29, 1.82) is 0 Å². The third-order valence-electron chi connectivity index (χ3n) is 1.69. The standard InChI is InChI=1S/C4ClF9O4S2/c5-20(17,18)19(15,16)4(13,14)2(8,9)1(6,7)3(10,11)12. The first kappa shape index (κ1) is 19.6. The lowest BCUT2D eigenvalue weighted by Crippen LogP contribution is -2.63. The summed E-state index contributed by atoms with van der Waals surface area (Å²) in [7, 11) is -10.4. The van der Waals surface area contributed by atoms with E-state index in [0.29, 0.717) is 0 Å². The van der Waals surface area contributed by atoms with E-state index in [9.17, 15) is 56.3 Å². The number of rotatable bonds is 4. The van der Waals surface area contributed by atoms with Crippen molar-refractivity contribution in [3.8, 4) is 0 Å². The van der Waals surface area contributed by atoms with Crippen molar-refractivity contribution >= 4 is 27.6 Å². The Kier molecular flexibility index (Phi) is 4.43. The van der Waals surface area contributed by atoms with E-state index in [1.165, 1.54) is 0 Å². The smallest absolute Gasteiger partial charge is 0.205 e. The molecule has 0 spiro atoms. The summed E-state index contributed by atoms with van der Waals surface area (Å²) < 4.78 is 151. The lowest BCUT2D eigenvalue weighted by atomic mass is 10.1. The van der Waals surface area contributed by atoms with Crippen LogP contribution in [-0.2, 0) is 17.0 Å². The van der Waals surface area contributed by atoms with Gasteiger partial charge in [-0.3, -0.25) is 0 Å². The molecule has 0 heterocycles. The van der Waals surface area contributed by atoms with Gasteiger partial charge >= 0.3 is 40.2 Å². The highest BCUT2D eigenvalue weighted by Crippen LogP contribution is 2.55. The molecule has 0 bridgehead atoms. The molecule has 0 amide bonds. The maximum atomic E-state index is 12.7. The molecule has 0 aliphatic rings. The van der Waals surface area contributed by atoms with E-state index in [0.717, 1.165) is 0 Å². The van der Waals surface area contributed by atoms with Crippen LogP contribution in [0.15, 0.2) is 0 Å². The van der Waals surface area contributed by atoms with Gasteiger partial charge in [-0.25, -0.2) is 8.42 Å². The van der Waals surface area contributed by atoms with Gasteiger partial charge in [-0.05, 0) is 0 Å². The maximum absolute atomic E-state index is 12.7. The van der Waals surface area contributed by atoms with Crippen LogP contribution in [0.2, 0.25) is 0 Å². The van der Waals surface area contributed by atoms with Gasteiger partial charge in [-0.2, -0.15) is 47.9 Å². The molecule has 0 fully saturated rings. The molecule has 0 aromatic carbocycles. The molecular formula is C4ClF9O4S2. The van der Waals surface area contributed by atoms with Crippen molar-refractivity contribution in [2.75, 3.05) is 0 Å². The largest absolute Gasteiger partial charge is 0.460 e. The first-order valence-electron chi connectivity index (χ1n) is 3.64. The van der Waals surface area contributed by atoms with E-state index in [1.807, 2.05) is 0 Å². The number of hydrogen-bond acceptors (Lipinski definition) is 4. The summed E-state index contributed by atoms with van der Waals surface area (Å²) in [6.07, 6.45) is -7.29. The Morgan fingerprint density at radius 2 is 0.950 bits per heavy atom. The molecular weight excluding hydrogens is 383 g/mol. The van der Waals surface area contributed by atoms with Crippen molar-refractivity contribution in [1.82, 2.24) is 0 Å². The molecule has 122 valence electrons. The summed E-state index contributed by atoms with van der Waals surface area (Å²) in [6.45, 7) is 0. The van der Waals surface area contributed by atoms with Crippen LogP contribution in [0.4, 0.5) is 39.5 Å². The van der Waals surface area contributed by atoms with Crippen molar-refractivity contribution in [3.63, 3.8) is 0 Å². The second-order valence-corrected chi connectivity index (χ2v) is 9.62. The Labute approximate surface area is 108 Å². The normalized spacial score (nSPS) is 16.3. The van der Waals surface area contributed by atoms with Crippen molar-refractivity contribution in [2.24, 2.45) is 0 Å². The van der Waals surface area contributed by atoms with E-state index in [-0.39, 0.29) is 0 Å². The molecule has 0 radical (unpaired) electrons. The van der Waals surface area contributed by atoms with E-state index >= 15 is 0 Å². The summed E-state index contributed by atoms with van der Waals surface area (Å²) >= 11 is 0. The van der Waals surface area contributed by atoms with E-state index in [4.69, 9.17) is 0 Å². The number of hydrogen-bond donors (Lipinski definition) is 0. The molecule has 0 aromatic heterocycles. The van der Waals surface area contributed by atoms with Gasteiger partial charge in [0.05, 0.1) is 0 Å². The molecule has 0 atom stereocenters. The molecule has 16 heteroatoms. The second-order valence-electron chi connectivity index (χ2n) is 3.01. The van der Waals surface area contributed by atoms with Gasteiger partial charge in [0, 0.05) is 10.7 Å². The fourth-order valence-electron chi connectivity index (χ4n) is 0.643. The van der Waals surface area contributed by atoms with Crippen LogP contribution in [0.5, 0.6) is 0 Å². The number of halogens is 10. The molecule has 0 saturated heterocycles. The van der Waals surface area contributed by atoms with Gasteiger partial charge in [-0.1, -0.05) is 0 Å². The van der Waals surface area contributed by atoms with Crippen LogP contribution < -0.4 is 0 Å². The third kappa shape index (κ3) is 2.43. The topological polar surface area (TPSA) is 68.3 Å². The van der Waals surface area contributed by atoms with Gasteiger partial charge < -0.3 is 0 Å². The zero-order chi connectivity index (χ0) is 17.0. The van der Waals surface area contributed by atoms with E-state index < -0.39 is 40.2 Å². The van der Waals surface area contributed by atoms with Crippen LogP contribution in [-0.4, -0.2) is 40.1 Å². The fraction of sp³-hybridized carbons (Fsp3) is 1.00. The molecule has 0 saturated carbocycles. The second kappa shape index (κ2) is 4.53. The third-order valence-corrected chi connectivity index (χ3v) is 6.79. The lowest BCUT2D eigenvalue weighted by molar-refractivity contribution is -0.381. The molecule has 20 heavy (non-hydrogen) atoms. The lowest BCUT2D eigenvalue weighted by Gasteiger charge is -2.32. The Morgan fingerprint density at radius 3 is 1.15 bits per heavy atom. The van der Waals surface area contributed by atoms with Crippen LogP contribution in [0.25, 0.3) is 0 Å². The van der Waals surface area contributed by atoms with E-state index in [1.54, 1.807) is 0 Å². The van der Waals surface area contributed by atoms with Crippen molar-refractivity contribution in [3.05, 3.63) is 0 Å². The molecule has 0 aliphatic carbocycles. The van der Waals surface area contributed by atoms with Gasteiger partial charge in [0.1, 0.15) is 0 Å². The number of alkyl halides is 9. The van der Waals surface area contributed by atoms with Gasteiger partial charge in [0.15, 0.2) is 0 Å². The predicted molar refractivity (Wildman–Crippen MR) is 44.6 cm³/mol. The Balaban J connectivity index is 6.38. The maximum Gasteiger partial charge on any atom is 0.460 e. The van der Waals surface area contributed by atoms with Crippen molar-refractivity contribution < 1.29 is 56.3 Å². The van der Waals surface area contributed by atoms with Gasteiger partial charge in [0.2, 0.25) is 0 Å². The molecule has 0 unspecified atom stereocenters. The van der Waals surface area contributed by atoms with Gasteiger partial charge in [-0.15, -0.1) is 0 Å². The molecule has 0 rings (SSSR count). The summed E-state index contributed by atoms with van der Waals surface area (Å²) in [4.78, 5) is 0. The molecule has 0 aromatic rings. The van der Waals surface area contributed by atoms with Crippen LogP contribution in [0, 0.1) is 0 Å². The molecule has 0 N–H and O–H groups in total. The highest BCUT2D eigenvalue weighted by atomic mass is 35.8. The Bertz CT molecular complexity index is 588. The fourth-order valence-corrected chi connectivity index (χ4v) is 3.11. The van der Waals surface area contributed by atoms with Crippen molar-refractivity contribution in [2.45, 2.75) is 23.3 Å². The van der Waals surface area contributed by atoms with Gasteiger partial charge in [0.25, 0.3) is 0 Å². The quantitative estimate of drug-likeness (QED) is 0.425. The zero-order valence-corrected chi connectivity index (χ0v) is 10.6. The Hall–Kier alpha value is -0.440. The minimum absolute atomic E-state index is 3.82. The minimum atomic E-state index is -7.63. The monoisotopic (exact) mass is 382 g/mol. The summed E-state index contributed by atoms with van der Waals surface area (Å²) in [6, 6.07) is 0. The average molecular weight is 383 g/mol.